The molecule has 0 atom stereocenters. The van der Waals surface area contributed by atoms with Gasteiger partial charge in [-0.1, -0.05) is 18.2 Å². The summed E-state index contributed by atoms with van der Waals surface area (Å²) in [6, 6.07) is 14.0. The third-order valence-electron chi connectivity index (χ3n) is 4.05. The minimum Gasteiger partial charge on any atom is -0.492 e. The first-order valence-electron chi connectivity index (χ1n) is 8.62. The van der Waals surface area contributed by atoms with Crippen LogP contribution < -0.4 is 15.8 Å². The topological polar surface area (TPSA) is 104 Å². The largest absolute Gasteiger partial charge is 0.492 e. The van der Waals surface area contributed by atoms with E-state index >= 15 is 0 Å². The monoisotopic (exact) mass is 379 g/mol. The van der Waals surface area contributed by atoms with Crippen LogP contribution in [-0.2, 0) is 17.9 Å². The van der Waals surface area contributed by atoms with Gasteiger partial charge in [-0.25, -0.2) is 14.5 Å². The lowest BCUT2D eigenvalue weighted by atomic mass is 10.3. The molecule has 0 unspecified atom stereocenters. The maximum absolute atomic E-state index is 12.4. The summed E-state index contributed by atoms with van der Waals surface area (Å²) in [5, 5.41) is 6.77. The molecule has 0 saturated carbocycles. The number of nitrogens with one attached hydrogen (secondary N) is 1. The van der Waals surface area contributed by atoms with Gasteiger partial charge in [0.15, 0.2) is 5.58 Å². The Morgan fingerprint density at radius 2 is 2.07 bits per heavy atom. The van der Waals surface area contributed by atoms with E-state index in [1.54, 1.807) is 59.5 Å². The number of rotatable bonds is 7. The van der Waals surface area contributed by atoms with E-state index in [9.17, 15) is 9.59 Å². The Morgan fingerprint density at radius 1 is 1.18 bits per heavy atom. The molecule has 0 spiro atoms. The van der Waals surface area contributed by atoms with Crippen LogP contribution in [0.1, 0.15) is 0 Å². The lowest BCUT2D eigenvalue weighted by molar-refractivity contribution is -0.116. The van der Waals surface area contributed by atoms with Gasteiger partial charge in [-0.3, -0.25) is 9.36 Å². The van der Waals surface area contributed by atoms with Gasteiger partial charge in [-0.05, 0) is 24.3 Å². The van der Waals surface area contributed by atoms with Crippen LogP contribution in [-0.4, -0.2) is 31.8 Å². The van der Waals surface area contributed by atoms with Crippen molar-refractivity contribution in [2.45, 2.75) is 13.1 Å². The fourth-order valence-electron chi connectivity index (χ4n) is 2.78. The number of ether oxygens (including phenoxy) is 1. The number of carbonyl (C=O) groups is 1. The highest BCUT2D eigenvalue weighted by molar-refractivity contribution is 5.91. The van der Waals surface area contributed by atoms with Gasteiger partial charge in [0.2, 0.25) is 5.91 Å². The molecule has 2 aromatic carbocycles. The number of para-hydroxylation sites is 2. The molecular formula is C19H17N5O4. The summed E-state index contributed by atoms with van der Waals surface area (Å²) < 4.78 is 13.8. The van der Waals surface area contributed by atoms with Gasteiger partial charge in [0, 0.05) is 11.8 Å². The average molecular weight is 379 g/mol. The standard InChI is InChI=1S/C19H17N5O4/c25-18(11-24-16-6-1-2-7-17(16)28-19(24)26)22-14-4-3-5-15(10-14)27-9-8-23-13-20-12-21-23/h1-7,10,12-13H,8-9,11H2,(H,22,25). The first-order valence-corrected chi connectivity index (χ1v) is 8.62. The van der Waals surface area contributed by atoms with E-state index < -0.39 is 5.76 Å². The van der Waals surface area contributed by atoms with Crippen molar-refractivity contribution in [1.29, 1.82) is 0 Å². The van der Waals surface area contributed by atoms with E-state index in [-0.39, 0.29) is 12.5 Å². The van der Waals surface area contributed by atoms with Gasteiger partial charge in [0.1, 0.15) is 31.6 Å². The van der Waals surface area contributed by atoms with Crippen molar-refractivity contribution in [3.8, 4) is 5.75 Å². The molecule has 0 aliphatic carbocycles. The van der Waals surface area contributed by atoms with Gasteiger partial charge in [-0.2, -0.15) is 5.10 Å². The van der Waals surface area contributed by atoms with Crippen LogP contribution in [0.4, 0.5) is 5.69 Å². The normalized spacial score (nSPS) is 10.9. The fourth-order valence-corrected chi connectivity index (χ4v) is 2.78. The second kappa shape index (κ2) is 7.78. The average Bonchev–Trinajstić information content (AvgIpc) is 3.30. The predicted molar refractivity (Wildman–Crippen MR) is 101 cm³/mol. The van der Waals surface area contributed by atoms with Crippen molar-refractivity contribution in [2.75, 3.05) is 11.9 Å². The number of anilines is 1. The van der Waals surface area contributed by atoms with Gasteiger partial charge in [0.25, 0.3) is 0 Å². The third-order valence-corrected chi connectivity index (χ3v) is 4.05. The summed E-state index contributed by atoms with van der Waals surface area (Å²) in [6.45, 7) is 0.831. The number of hydrogen-bond acceptors (Lipinski definition) is 6. The van der Waals surface area contributed by atoms with Crippen molar-refractivity contribution in [2.24, 2.45) is 0 Å². The molecule has 2 aromatic heterocycles. The highest BCUT2D eigenvalue weighted by Crippen LogP contribution is 2.18. The number of hydrogen-bond donors (Lipinski definition) is 1. The maximum Gasteiger partial charge on any atom is 0.420 e. The zero-order chi connectivity index (χ0) is 19.3. The Balaban J connectivity index is 1.39. The molecule has 0 saturated heterocycles. The van der Waals surface area contributed by atoms with Crippen molar-refractivity contribution >= 4 is 22.7 Å². The first kappa shape index (κ1) is 17.5. The SMILES string of the molecule is O=C(Cn1c(=O)oc2ccccc21)Nc1cccc(OCCn2cncn2)c1. The van der Waals surface area contributed by atoms with E-state index in [1.807, 2.05) is 0 Å². The van der Waals surface area contributed by atoms with E-state index in [0.717, 1.165) is 0 Å². The number of oxazole rings is 1. The molecule has 0 bridgehead atoms. The molecule has 1 amide bonds. The molecule has 9 nitrogen and oxygen atoms in total. The Kier molecular flexibility index (Phi) is 4.87. The maximum atomic E-state index is 12.4. The van der Waals surface area contributed by atoms with Gasteiger partial charge < -0.3 is 14.5 Å². The predicted octanol–water partition coefficient (Wildman–Crippen LogP) is 1.90. The van der Waals surface area contributed by atoms with Crippen molar-refractivity contribution < 1.29 is 13.9 Å². The lowest BCUT2D eigenvalue weighted by Gasteiger charge is -2.09. The fraction of sp³-hybridized carbons (Fsp3) is 0.158. The summed E-state index contributed by atoms with van der Waals surface area (Å²) in [6.07, 6.45) is 3.08. The Morgan fingerprint density at radius 3 is 2.93 bits per heavy atom. The van der Waals surface area contributed by atoms with Crippen LogP contribution in [0.3, 0.4) is 0 Å². The van der Waals surface area contributed by atoms with Crippen molar-refractivity contribution in [3.05, 3.63) is 71.7 Å². The van der Waals surface area contributed by atoms with E-state index in [1.165, 1.54) is 10.9 Å². The Labute approximate surface area is 159 Å². The van der Waals surface area contributed by atoms with Crippen LogP contribution in [0.25, 0.3) is 11.1 Å². The second-order valence-corrected chi connectivity index (χ2v) is 6.00. The Bertz CT molecular complexity index is 1150. The molecule has 0 aliphatic heterocycles. The van der Waals surface area contributed by atoms with Crippen LogP contribution in [0.5, 0.6) is 5.75 Å². The highest BCUT2D eigenvalue weighted by Gasteiger charge is 2.12. The third kappa shape index (κ3) is 3.93. The first-order chi connectivity index (χ1) is 13.7. The van der Waals surface area contributed by atoms with Gasteiger partial charge >= 0.3 is 5.76 Å². The number of carbonyl (C=O) groups excluding carboxylic acids is 1. The quantitative estimate of drug-likeness (QED) is 0.526. The zero-order valence-corrected chi connectivity index (χ0v) is 14.8. The summed E-state index contributed by atoms with van der Waals surface area (Å²) in [5.74, 6) is -0.293. The van der Waals surface area contributed by atoms with Crippen LogP contribution >= 0.6 is 0 Å². The molecule has 4 aromatic rings. The molecular weight excluding hydrogens is 362 g/mol. The van der Waals surface area contributed by atoms with Crippen LogP contribution in [0.2, 0.25) is 0 Å². The number of nitrogens with zero attached hydrogens (tertiary/aromatic N) is 4. The smallest absolute Gasteiger partial charge is 0.420 e. The zero-order valence-electron chi connectivity index (χ0n) is 14.8. The number of aromatic nitrogens is 4. The molecule has 28 heavy (non-hydrogen) atoms. The molecule has 9 heteroatoms. The second-order valence-electron chi connectivity index (χ2n) is 6.00. The lowest BCUT2D eigenvalue weighted by Crippen LogP contribution is -2.24. The van der Waals surface area contributed by atoms with Crippen molar-refractivity contribution in [1.82, 2.24) is 19.3 Å². The van der Waals surface area contributed by atoms with E-state index in [2.05, 4.69) is 15.4 Å². The number of amides is 1. The minimum atomic E-state index is -0.568. The molecule has 4 rings (SSSR count). The summed E-state index contributed by atoms with van der Waals surface area (Å²) >= 11 is 0. The molecule has 1 N–H and O–H groups in total. The molecule has 0 aliphatic rings. The highest BCUT2D eigenvalue weighted by atomic mass is 16.5. The number of benzene rings is 2. The van der Waals surface area contributed by atoms with Crippen molar-refractivity contribution in [3.63, 3.8) is 0 Å². The molecule has 0 fully saturated rings. The van der Waals surface area contributed by atoms with Gasteiger partial charge in [0.05, 0.1) is 12.1 Å². The summed E-state index contributed by atoms with van der Waals surface area (Å²) in [4.78, 5) is 28.2. The molecule has 0 radical (unpaired) electrons. The van der Waals surface area contributed by atoms with E-state index in [4.69, 9.17) is 9.15 Å². The minimum absolute atomic E-state index is 0.146. The number of fused-ring (bicyclic) bond motifs is 1. The summed E-state index contributed by atoms with van der Waals surface area (Å²) in [5.41, 5.74) is 1.60. The molecule has 142 valence electrons. The Hall–Kier alpha value is -3.88. The van der Waals surface area contributed by atoms with E-state index in [0.29, 0.717) is 35.7 Å². The molecule has 2 heterocycles. The van der Waals surface area contributed by atoms with Gasteiger partial charge in [-0.15, -0.1) is 0 Å². The summed E-state index contributed by atoms with van der Waals surface area (Å²) in [7, 11) is 0. The van der Waals surface area contributed by atoms with Crippen LogP contribution in [0.15, 0.2) is 70.4 Å². The van der Waals surface area contributed by atoms with Crippen LogP contribution in [0, 0.1) is 0 Å².